The van der Waals surface area contributed by atoms with Crippen LogP contribution in [0.3, 0.4) is 0 Å². The topological polar surface area (TPSA) is 69.9 Å². The van der Waals surface area contributed by atoms with E-state index < -0.39 is 29.6 Å². The highest BCUT2D eigenvalue weighted by Gasteiger charge is 2.31. The molecule has 0 bridgehead atoms. The minimum Gasteiger partial charge on any atom is -0.497 e. The molecular weight excluding hydrogens is 494 g/mol. The van der Waals surface area contributed by atoms with Crippen molar-refractivity contribution in [3.05, 3.63) is 83.3 Å². The van der Waals surface area contributed by atoms with Crippen molar-refractivity contribution in [3.63, 3.8) is 0 Å². The highest BCUT2D eigenvalue weighted by Crippen LogP contribution is 2.40. The lowest BCUT2D eigenvalue weighted by atomic mass is 10.1. The average Bonchev–Trinajstić information content (AvgIpc) is 3.11. The predicted octanol–water partition coefficient (Wildman–Crippen LogP) is 6.81. The SMILES string of the molecule is COc1ccc(Oc2c(C)n(Cc3ccc(F)c(O[C@@H](C)C(=O)O)c3)c3cc(C(F)(F)F)ccc23)cc1. The summed E-state index contributed by atoms with van der Waals surface area (Å²) in [4.78, 5) is 11.1. The molecule has 194 valence electrons. The lowest BCUT2D eigenvalue weighted by molar-refractivity contribution is -0.144. The summed E-state index contributed by atoms with van der Waals surface area (Å²) in [6.07, 6.45) is -5.85. The number of benzene rings is 3. The molecule has 0 saturated heterocycles. The van der Waals surface area contributed by atoms with Crippen LogP contribution < -0.4 is 14.2 Å². The molecule has 4 rings (SSSR count). The van der Waals surface area contributed by atoms with Crippen LogP contribution in [0, 0.1) is 12.7 Å². The Morgan fingerprint density at radius 3 is 2.32 bits per heavy atom. The molecule has 3 aromatic carbocycles. The normalized spacial score (nSPS) is 12.4. The van der Waals surface area contributed by atoms with Crippen LogP contribution in [-0.2, 0) is 17.5 Å². The fourth-order valence-electron chi connectivity index (χ4n) is 3.88. The zero-order chi connectivity index (χ0) is 26.9. The molecular formula is C27H23F4NO5. The number of hydrogen-bond acceptors (Lipinski definition) is 4. The number of hydrogen-bond donors (Lipinski definition) is 1. The first-order valence-corrected chi connectivity index (χ1v) is 11.2. The quantitative estimate of drug-likeness (QED) is 0.260. The molecule has 0 spiro atoms. The fraction of sp³-hybridized carbons (Fsp3) is 0.222. The van der Waals surface area contributed by atoms with E-state index in [1.54, 1.807) is 35.8 Å². The zero-order valence-electron chi connectivity index (χ0n) is 20.1. The number of ether oxygens (including phenoxy) is 3. The van der Waals surface area contributed by atoms with E-state index in [-0.39, 0.29) is 17.8 Å². The van der Waals surface area contributed by atoms with Crippen molar-refractivity contribution in [1.82, 2.24) is 4.57 Å². The third-order valence-electron chi connectivity index (χ3n) is 5.86. The van der Waals surface area contributed by atoms with E-state index in [4.69, 9.17) is 19.3 Å². The van der Waals surface area contributed by atoms with Gasteiger partial charge >= 0.3 is 12.1 Å². The molecule has 0 amide bonds. The van der Waals surface area contributed by atoms with Crippen LogP contribution in [0.25, 0.3) is 10.9 Å². The highest BCUT2D eigenvalue weighted by molar-refractivity contribution is 5.89. The number of fused-ring (bicyclic) bond motifs is 1. The van der Waals surface area contributed by atoms with Gasteiger partial charge in [0.25, 0.3) is 0 Å². The number of alkyl halides is 3. The second-order valence-electron chi connectivity index (χ2n) is 8.37. The predicted molar refractivity (Wildman–Crippen MR) is 128 cm³/mol. The third-order valence-corrected chi connectivity index (χ3v) is 5.86. The Bertz CT molecular complexity index is 1440. The van der Waals surface area contributed by atoms with E-state index in [1.807, 2.05) is 0 Å². The summed E-state index contributed by atoms with van der Waals surface area (Å²) in [6.45, 7) is 3.02. The molecule has 1 N–H and O–H groups in total. The molecule has 0 unspecified atom stereocenters. The van der Waals surface area contributed by atoms with Crippen LogP contribution in [0.5, 0.6) is 23.0 Å². The molecule has 1 aromatic heterocycles. The number of methoxy groups -OCH3 is 1. The molecule has 0 fully saturated rings. The summed E-state index contributed by atoms with van der Waals surface area (Å²) in [5.41, 5.74) is 0.466. The Balaban J connectivity index is 1.79. The number of aliphatic carboxylic acids is 1. The Morgan fingerprint density at radius 2 is 1.70 bits per heavy atom. The summed E-state index contributed by atoms with van der Waals surface area (Å²) in [5.74, 6) is -0.846. The van der Waals surface area contributed by atoms with Gasteiger partial charge in [-0.25, -0.2) is 9.18 Å². The van der Waals surface area contributed by atoms with Gasteiger partial charge < -0.3 is 23.9 Å². The third kappa shape index (κ3) is 5.47. The number of carboxylic acid groups (broad SMARTS) is 1. The van der Waals surface area contributed by atoms with Crippen LogP contribution in [0.15, 0.2) is 60.7 Å². The van der Waals surface area contributed by atoms with E-state index in [9.17, 15) is 22.4 Å². The second kappa shape index (κ2) is 10.0. The van der Waals surface area contributed by atoms with E-state index in [0.717, 1.165) is 18.2 Å². The van der Waals surface area contributed by atoms with Gasteiger partial charge in [0.1, 0.15) is 11.5 Å². The monoisotopic (exact) mass is 517 g/mol. The van der Waals surface area contributed by atoms with Gasteiger partial charge in [-0.05, 0) is 74.0 Å². The van der Waals surface area contributed by atoms with Crippen molar-refractivity contribution < 1.29 is 41.7 Å². The Morgan fingerprint density at radius 1 is 1.03 bits per heavy atom. The van der Waals surface area contributed by atoms with Crippen molar-refractivity contribution in [2.75, 3.05) is 7.11 Å². The molecule has 0 aliphatic rings. The van der Waals surface area contributed by atoms with Crippen molar-refractivity contribution in [1.29, 1.82) is 0 Å². The van der Waals surface area contributed by atoms with E-state index >= 15 is 0 Å². The maximum Gasteiger partial charge on any atom is 0.416 e. The molecule has 1 heterocycles. The van der Waals surface area contributed by atoms with Crippen LogP contribution in [-0.4, -0.2) is 28.9 Å². The van der Waals surface area contributed by atoms with Crippen LogP contribution in [0.1, 0.15) is 23.7 Å². The van der Waals surface area contributed by atoms with Gasteiger partial charge in [0.2, 0.25) is 0 Å². The number of nitrogens with zero attached hydrogens (tertiary/aromatic N) is 1. The van der Waals surface area contributed by atoms with Crippen LogP contribution in [0.2, 0.25) is 0 Å². The molecule has 1 atom stereocenters. The van der Waals surface area contributed by atoms with Gasteiger partial charge in [0.15, 0.2) is 23.4 Å². The summed E-state index contributed by atoms with van der Waals surface area (Å²) in [7, 11) is 1.53. The van der Waals surface area contributed by atoms with Gasteiger partial charge in [0, 0.05) is 11.9 Å². The molecule has 0 aliphatic carbocycles. The largest absolute Gasteiger partial charge is 0.497 e. The average molecular weight is 517 g/mol. The summed E-state index contributed by atoms with van der Waals surface area (Å²) >= 11 is 0. The first kappa shape index (κ1) is 25.9. The number of halogens is 4. The van der Waals surface area contributed by atoms with E-state index in [0.29, 0.717) is 33.9 Å². The Hall–Kier alpha value is -4.21. The highest BCUT2D eigenvalue weighted by atomic mass is 19.4. The smallest absolute Gasteiger partial charge is 0.416 e. The van der Waals surface area contributed by atoms with E-state index in [2.05, 4.69) is 0 Å². The van der Waals surface area contributed by atoms with Crippen LogP contribution >= 0.6 is 0 Å². The Labute approximate surface area is 209 Å². The minimum absolute atomic E-state index is 0.0493. The Kier molecular flexibility index (Phi) is 7.02. The van der Waals surface area contributed by atoms with Gasteiger partial charge in [-0.15, -0.1) is 0 Å². The standard InChI is InChI=1S/C27H23F4NO5/c1-15-25(37-20-8-6-19(35-3)7-9-20)21-10-5-18(27(29,30)31)13-23(21)32(15)14-17-4-11-22(28)24(12-17)36-16(2)26(33)34/h4-13,16H,14H2,1-3H3,(H,33,34)/t16-/m0/s1. The molecule has 0 aliphatic heterocycles. The first-order chi connectivity index (χ1) is 17.5. The van der Waals surface area contributed by atoms with Crippen molar-refractivity contribution in [2.24, 2.45) is 0 Å². The van der Waals surface area contributed by atoms with Gasteiger partial charge in [-0.2, -0.15) is 13.2 Å². The lowest BCUT2D eigenvalue weighted by Crippen LogP contribution is -2.23. The second-order valence-corrected chi connectivity index (χ2v) is 8.37. The zero-order valence-corrected chi connectivity index (χ0v) is 20.1. The molecule has 10 heteroatoms. The molecule has 0 radical (unpaired) electrons. The van der Waals surface area contributed by atoms with Gasteiger partial charge in [-0.1, -0.05) is 6.07 Å². The summed E-state index contributed by atoms with van der Waals surface area (Å²) in [6, 6.07) is 14.0. The summed E-state index contributed by atoms with van der Waals surface area (Å²) in [5, 5.41) is 9.53. The molecule has 0 saturated carbocycles. The first-order valence-electron chi connectivity index (χ1n) is 11.2. The molecule has 37 heavy (non-hydrogen) atoms. The van der Waals surface area contributed by atoms with Crippen molar-refractivity contribution in [2.45, 2.75) is 32.7 Å². The van der Waals surface area contributed by atoms with Gasteiger partial charge in [0.05, 0.1) is 23.9 Å². The maximum absolute atomic E-state index is 14.3. The number of carbonyl (C=O) groups is 1. The maximum atomic E-state index is 14.3. The summed E-state index contributed by atoms with van der Waals surface area (Å²) < 4.78 is 72.9. The fourth-order valence-corrected chi connectivity index (χ4v) is 3.88. The lowest BCUT2D eigenvalue weighted by Gasteiger charge is -2.14. The van der Waals surface area contributed by atoms with Gasteiger partial charge in [-0.3, -0.25) is 0 Å². The van der Waals surface area contributed by atoms with Crippen molar-refractivity contribution in [3.8, 4) is 23.0 Å². The number of aromatic nitrogens is 1. The molecule has 6 nitrogen and oxygen atoms in total. The van der Waals surface area contributed by atoms with E-state index in [1.165, 1.54) is 32.2 Å². The van der Waals surface area contributed by atoms with Crippen molar-refractivity contribution >= 4 is 16.9 Å². The number of carboxylic acids is 1. The number of rotatable bonds is 8. The molecule has 4 aromatic rings. The minimum atomic E-state index is -4.56. The van der Waals surface area contributed by atoms with Crippen LogP contribution in [0.4, 0.5) is 17.6 Å².